The van der Waals surface area contributed by atoms with Gasteiger partial charge in [0.15, 0.2) is 11.6 Å². The van der Waals surface area contributed by atoms with Crippen molar-refractivity contribution in [3.05, 3.63) is 70.3 Å². The van der Waals surface area contributed by atoms with Crippen LogP contribution in [0.4, 0.5) is 10.2 Å². The minimum atomic E-state index is -0.588. The monoisotopic (exact) mass is 464 g/mol. The lowest BCUT2D eigenvalue weighted by molar-refractivity contribution is 0.227. The van der Waals surface area contributed by atoms with E-state index in [4.69, 9.17) is 21.3 Å². The molecule has 1 aromatic heterocycles. The van der Waals surface area contributed by atoms with Crippen molar-refractivity contribution in [1.29, 1.82) is 10.8 Å². The summed E-state index contributed by atoms with van der Waals surface area (Å²) in [7, 11) is 0. The number of hydrogen-bond donors (Lipinski definition) is 5. The third-order valence-electron chi connectivity index (χ3n) is 5.43. The average Bonchev–Trinajstić information content (AvgIpc) is 2.78. The number of hydrogen-bond acceptors (Lipinski definition) is 7. The van der Waals surface area contributed by atoms with Gasteiger partial charge in [0.05, 0.1) is 5.71 Å². The molecule has 0 spiro atoms. The van der Waals surface area contributed by atoms with Crippen LogP contribution in [0.1, 0.15) is 63.8 Å². The first-order valence-electron chi connectivity index (χ1n) is 11.3. The summed E-state index contributed by atoms with van der Waals surface area (Å²) in [5.74, 6) is 0.155. The highest BCUT2D eigenvalue weighted by molar-refractivity contribution is 6.12. The quantitative estimate of drug-likeness (QED) is 0.410. The molecule has 1 atom stereocenters. The fraction of sp³-hybridized carbons (Fsp3) is 0.346. The molecule has 0 unspecified atom stereocenters. The van der Waals surface area contributed by atoms with E-state index in [1.165, 1.54) is 18.3 Å². The molecule has 0 aliphatic carbocycles. The molecule has 1 aliphatic rings. The number of rotatable bonds is 4. The van der Waals surface area contributed by atoms with Crippen molar-refractivity contribution >= 4 is 23.4 Å². The van der Waals surface area contributed by atoms with Gasteiger partial charge in [0.1, 0.15) is 11.9 Å². The van der Waals surface area contributed by atoms with Crippen LogP contribution in [0.5, 0.6) is 5.75 Å². The first kappa shape index (κ1) is 25.0. The number of pyridine rings is 1. The Kier molecular flexibility index (Phi) is 7.39. The summed E-state index contributed by atoms with van der Waals surface area (Å²) in [5.41, 5.74) is 9.94. The number of halogens is 1. The number of nitrogen functional groups attached to an aromatic ring is 1. The molecule has 0 saturated carbocycles. The van der Waals surface area contributed by atoms with E-state index < -0.39 is 11.9 Å². The molecule has 0 radical (unpaired) electrons. The third kappa shape index (κ3) is 5.62. The second kappa shape index (κ2) is 10.1. The van der Waals surface area contributed by atoms with Gasteiger partial charge in [0.2, 0.25) is 0 Å². The Hall–Kier alpha value is -3.68. The van der Waals surface area contributed by atoms with Crippen molar-refractivity contribution in [3.63, 3.8) is 0 Å². The minimum Gasteiger partial charge on any atom is -0.482 e. The smallest absolute Gasteiger partial charge is 0.166 e. The van der Waals surface area contributed by atoms with Crippen molar-refractivity contribution in [2.75, 3.05) is 12.3 Å². The Morgan fingerprint density at radius 2 is 2.03 bits per heavy atom. The Labute approximate surface area is 200 Å². The van der Waals surface area contributed by atoms with Gasteiger partial charge < -0.3 is 26.5 Å². The first-order chi connectivity index (χ1) is 16.0. The largest absolute Gasteiger partial charge is 0.482 e. The van der Waals surface area contributed by atoms with Crippen molar-refractivity contribution in [1.82, 2.24) is 15.6 Å². The van der Waals surface area contributed by atoms with Crippen LogP contribution in [0.25, 0.3) is 5.70 Å². The Bertz CT molecular complexity index is 1160. The van der Waals surface area contributed by atoms with Crippen LogP contribution >= 0.6 is 0 Å². The predicted molar refractivity (Wildman–Crippen MR) is 136 cm³/mol. The van der Waals surface area contributed by atoms with Gasteiger partial charge in [-0.1, -0.05) is 0 Å². The molecule has 2 aromatic rings. The first-order valence-corrected chi connectivity index (χ1v) is 11.3. The summed E-state index contributed by atoms with van der Waals surface area (Å²) >= 11 is 0. The number of anilines is 1. The van der Waals surface area contributed by atoms with E-state index in [0.717, 1.165) is 5.70 Å². The average molecular weight is 465 g/mol. The maximum atomic E-state index is 14.3. The van der Waals surface area contributed by atoms with Gasteiger partial charge in [-0.15, -0.1) is 0 Å². The maximum absolute atomic E-state index is 14.3. The van der Waals surface area contributed by atoms with Gasteiger partial charge in [-0.05, 0) is 70.0 Å². The number of nitrogens with zero attached hydrogens (tertiary/aromatic N) is 1. The summed E-state index contributed by atoms with van der Waals surface area (Å²) in [5, 5.41) is 23.9. The van der Waals surface area contributed by atoms with E-state index in [2.05, 4.69) is 15.6 Å². The van der Waals surface area contributed by atoms with Crippen LogP contribution < -0.4 is 21.1 Å². The molecule has 0 fully saturated rings. The minimum absolute atomic E-state index is 0.211. The number of nitrogens with two attached hydrogens (primary N) is 1. The van der Waals surface area contributed by atoms with E-state index >= 15 is 0 Å². The number of fused-ring (bicyclic) bond motifs is 3. The van der Waals surface area contributed by atoms with Crippen LogP contribution in [-0.2, 0) is 0 Å². The molecule has 7 nitrogen and oxygen atoms in total. The normalized spacial score (nSPS) is 20.0. The molecule has 180 valence electrons. The Morgan fingerprint density at radius 3 is 2.68 bits per heavy atom. The number of ether oxygens (including phenoxy) is 1. The van der Waals surface area contributed by atoms with Gasteiger partial charge >= 0.3 is 0 Å². The van der Waals surface area contributed by atoms with Gasteiger partial charge in [0, 0.05) is 59.5 Å². The van der Waals surface area contributed by atoms with Crippen molar-refractivity contribution < 1.29 is 9.13 Å². The standard InChI is InChI=1S/C26H33FN6O/c1-6-31-24-16(12-28)9-17(14-33-26(3,4)5)23(29)20-8-7-19(27)11-21(20)15(2)34-22-10-18(24)13-32-25(22)30/h7-8,10-15,28-29,31,33H,6,9H2,1-5H3,(H2,30,32)/b17-14-,24-16-,28-12?,29-23?/t15-/m1/s1. The molecule has 8 heteroatoms. The molecule has 0 amide bonds. The van der Waals surface area contributed by atoms with Crippen molar-refractivity contribution in [2.24, 2.45) is 0 Å². The fourth-order valence-electron chi connectivity index (χ4n) is 3.72. The molecule has 3 rings (SSSR count). The highest BCUT2D eigenvalue weighted by Crippen LogP contribution is 2.33. The lowest BCUT2D eigenvalue weighted by Gasteiger charge is -2.25. The molecule has 2 heterocycles. The topological polar surface area (TPSA) is 120 Å². The van der Waals surface area contributed by atoms with Gasteiger partial charge in [-0.25, -0.2) is 9.37 Å². The number of allylic oxidation sites excluding steroid dienone is 2. The third-order valence-corrected chi connectivity index (χ3v) is 5.43. The zero-order valence-electron chi connectivity index (χ0n) is 20.3. The highest BCUT2D eigenvalue weighted by Gasteiger charge is 2.23. The predicted octanol–water partition coefficient (Wildman–Crippen LogP) is 4.96. The van der Waals surface area contributed by atoms with E-state index in [0.29, 0.717) is 46.6 Å². The van der Waals surface area contributed by atoms with Crippen LogP contribution in [0.15, 0.2) is 47.8 Å². The maximum Gasteiger partial charge on any atom is 0.166 e. The van der Waals surface area contributed by atoms with Crippen molar-refractivity contribution in [2.45, 2.75) is 52.7 Å². The Morgan fingerprint density at radius 1 is 1.29 bits per heavy atom. The second-order valence-electron chi connectivity index (χ2n) is 9.29. The lowest BCUT2D eigenvalue weighted by atomic mass is 9.90. The summed E-state index contributed by atoms with van der Waals surface area (Å²) in [6.45, 7) is 10.5. The molecule has 34 heavy (non-hydrogen) atoms. The van der Waals surface area contributed by atoms with Crippen LogP contribution in [0.3, 0.4) is 0 Å². The van der Waals surface area contributed by atoms with Gasteiger partial charge in [-0.2, -0.15) is 0 Å². The van der Waals surface area contributed by atoms with Crippen LogP contribution in [0, 0.1) is 16.6 Å². The zero-order valence-corrected chi connectivity index (χ0v) is 20.3. The second-order valence-corrected chi connectivity index (χ2v) is 9.29. The van der Waals surface area contributed by atoms with E-state index in [1.807, 2.05) is 33.9 Å². The molecule has 1 aromatic carbocycles. The molecule has 6 N–H and O–H groups in total. The van der Waals surface area contributed by atoms with Crippen LogP contribution in [0.2, 0.25) is 0 Å². The van der Waals surface area contributed by atoms with E-state index in [9.17, 15) is 4.39 Å². The zero-order chi connectivity index (χ0) is 25.0. The summed E-state index contributed by atoms with van der Waals surface area (Å²) in [6.07, 6.45) is 4.45. The van der Waals surface area contributed by atoms with E-state index in [1.54, 1.807) is 25.3 Å². The SMILES string of the molecule is CCN/C1=C(\C=N)C/C(=C/NC(C)(C)C)C(=N)c2ccc(F)cc2[C@@H](C)Oc2cc1cnc2N. The Balaban J connectivity index is 2.31. The highest BCUT2D eigenvalue weighted by atomic mass is 19.1. The lowest BCUT2D eigenvalue weighted by Crippen LogP contribution is -2.32. The van der Waals surface area contributed by atoms with Gasteiger partial charge in [-0.3, -0.25) is 5.41 Å². The summed E-state index contributed by atoms with van der Waals surface area (Å²) in [6, 6.07) is 6.11. The number of aromatic nitrogens is 1. The van der Waals surface area contributed by atoms with Crippen molar-refractivity contribution in [3.8, 4) is 5.75 Å². The number of benzene rings is 1. The summed E-state index contributed by atoms with van der Waals surface area (Å²) in [4.78, 5) is 4.30. The van der Waals surface area contributed by atoms with Crippen LogP contribution in [-0.4, -0.2) is 29.0 Å². The summed E-state index contributed by atoms with van der Waals surface area (Å²) < 4.78 is 20.4. The number of nitrogens with one attached hydrogen (secondary N) is 4. The fourth-order valence-corrected chi connectivity index (χ4v) is 3.72. The van der Waals surface area contributed by atoms with E-state index in [-0.39, 0.29) is 17.1 Å². The molecule has 1 aliphatic heterocycles. The van der Waals surface area contributed by atoms with Gasteiger partial charge in [0.25, 0.3) is 0 Å². The molecule has 2 bridgehead atoms. The molecular weight excluding hydrogens is 431 g/mol. The molecular formula is C26H33FN6O. The molecule has 0 saturated heterocycles.